The molecular weight excluding hydrogens is 753 g/mol. The molecule has 0 saturated heterocycles. The van der Waals surface area contributed by atoms with Crippen LogP contribution in [0.2, 0.25) is 0 Å². The molecule has 10 aromatic carbocycles. The van der Waals surface area contributed by atoms with Crippen molar-refractivity contribution in [2.75, 3.05) is 9.80 Å². The van der Waals surface area contributed by atoms with E-state index in [0.29, 0.717) is 0 Å². The topological polar surface area (TPSA) is 19.6 Å². The maximum Gasteiger partial charge on any atom is 0.135 e. The first kappa shape index (κ1) is 34.7. The van der Waals surface area contributed by atoms with Gasteiger partial charge in [0.1, 0.15) is 11.2 Å². The Kier molecular flexibility index (Phi) is 7.52. The van der Waals surface area contributed by atoms with E-state index in [1.807, 2.05) is 12.1 Å². The lowest BCUT2D eigenvalue weighted by atomic mass is 9.70. The van der Waals surface area contributed by atoms with E-state index in [9.17, 15) is 0 Å². The van der Waals surface area contributed by atoms with Gasteiger partial charge in [-0.3, -0.25) is 0 Å². The van der Waals surface area contributed by atoms with Crippen LogP contribution >= 0.6 is 0 Å². The zero-order valence-electron chi connectivity index (χ0n) is 33.7. The van der Waals surface area contributed by atoms with Crippen LogP contribution in [0.4, 0.5) is 34.1 Å². The van der Waals surface area contributed by atoms with Gasteiger partial charge in [-0.2, -0.15) is 0 Å². The van der Waals surface area contributed by atoms with Gasteiger partial charge >= 0.3 is 0 Å². The molecule has 2 aliphatic carbocycles. The quantitative estimate of drug-likeness (QED) is 0.167. The minimum absolute atomic E-state index is 0.567. The van der Waals surface area contributed by atoms with E-state index in [-0.39, 0.29) is 0 Å². The second-order valence-electron chi connectivity index (χ2n) is 16.4. The van der Waals surface area contributed by atoms with Gasteiger partial charge in [0, 0.05) is 44.8 Å². The van der Waals surface area contributed by atoms with Crippen molar-refractivity contribution in [1.82, 2.24) is 0 Å². The molecule has 0 bridgehead atoms. The van der Waals surface area contributed by atoms with Crippen LogP contribution in [-0.4, -0.2) is 0 Å². The number of benzene rings is 10. The van der Waals surface area contributed by atoms with Crippen molar-refractivity contribution in [1.29, 1.82) is 0 Å². The highest BCUT2D eigenvalue weighted by Crippen LogP contribution is 2.65. The molecule has 3 nitrogen and oxygen atoms in total. The third-order valence-corrected chi connectivity index (χ3v) is 13.2. The SMILES string of the molecule is c1ccc(N(c2ccc3c(c2)C2(c4ccccc4-3)c3ccccc3-c3c(N(c4ccccc4)c4ccc5oc6ccccc6c5c4)cccc32)c2ccc3ccccc3c2)cc1. The lowest BCUT2D eigenvalue weighted by molar-refractivity contribution is 0.669. The lowest BCUT2D eigenvalue weighted by Gasteiger charge is -2.33. The van der Waals surface area contributed by atoms with Crippen LogP contribution in [0.15, 0.2) is 235 Å². The number of nitrogens with zero attached hydrogens (tertiary/aromatic N) is 2. The monoisotopic (exact) mass is 790 g/mol. The molecular formula is C59H38N2O. The van der Waals surface area contributed by atoms with Gasteiger partial charge in [-0.15, -0.1) is 0 Å². The predicted molar refractivity (Wildman–Crippen MR) is 257 cm³/mol. The Morgan fingerprint density at radius 3 is 1.69 bits per heavy atom. The molecule has 11 aromatic rings. The van der Waals surface area contributed by atoms with Crippen molar-refractivity contribution in [2.45, 2.75) is 5.41 Å². The second kappa shape index (κ2) is 13.4. The van der Waals surface area contributed by atoms with Crippen LogP contribution in [-0.2, 0) is 5.41 Å². The molecule has 13 rings (SSSR count). The van der Waals surface area contributed by atoms with Crippen LogP contribution in [0.25, 0.3) is 55.0 Å². The first-order valence-electron chi connectivity index (χ1n) is 21.3. The number of furan rings is 1. The van der Waals surface area contributed by atoms with Crippen LogP contribution in [0.1, 0.15) is 22.3 Å². The van der Waals surface area contributed by atoms with Gasteiger partial charge in [0.05, 0.1) is 11.1 Å². The van der Waals surface area contributed by atoms with E-state index >= 15 is 0 Å². The molecule has 1 aromatic heterocycles. The molecule has 1 spiro atoms. The molecule has 1 unspecified atom stereocenters. The number of para-hydroxylation sites is 3. The first-order valence-corrected chi connectivity index (χ1v) is 21.3. The first-order chi connectivity index (χ1) is 30.8. The molecule has 3 heteroatoms. The smallest absolute Gasteiger partial charge is 0.135 e. The molecule has 1 heterocycles. The fourth-order valence-electron chi connectivity index (χ4n) is 10.7. The molecule has 0 amide bonds. The summed E-state index contributed by atoms with van der Waals surface area (Å²) in [7, 11) is 0. The summed E-state index contributed by atoms with van der Waals surface area (Å²) in [6.07, 6.45) is 0. The highest BCUT2D eigenvalue weighted by molar-refractivity contribution is 6.08. The minimum atomic E-state index is -0.567. The van der Waals surface area contributed by atoms with E-state index < -0.39 is 5.41 Å². The Bertz CT molecular complexity index is 3550. The maximum absolute atomic E-state index is 6.33. The van der Waals surface area contributed by atoms with Crippen LogP contribution in [0.3, 0.4) is 0 Å². The van der Waals surface area contributed by atoms with Crippen LogP contribution in [0, 0.1) is 0 Å². The van der Waals surface area contributed by atoms with E-state index in [0.717, 1.165) is 56.1 Å². The van der Waals surface area contributed by atoms with Gasteiger partial charge in [0.15, 0.2) is 0 Å². The third kappa shape index (κ3) is 4.94. The van der Waals surface area contributed by atoms with Crippen molar-refractivity contribution in [3.05, 3.63) is 253 Å². The average molecular weight is 791 g/mol. The Balaban J connectivity index is 1.07. The van der Waals surface area contributed by atoms with Crippen LogP contribution < -0.4 is 9.80 Å². The van der Waals surface area contributed by atoms with Gasteiger partial charge in [-0.05, 0) is 129 Å². The van der Waals surface area contributed by atoms with E-state index in [4.69, 9.17) is 4.42 Å². The molecule has 0 radical (unpaired) electrons. The standard InChI is InChI=1S/C59H38N2O/c1-3-18-41(19-4-1)60(43-31-30-39-16-7-8-17-40(39)36-43)45-32-34-47-46-22-9-12-25-51(46)59(54(47)38-45)52-26-13-10-24-49(52)58-53(59)27-15-28-55(58)61(42-20-5-2-6-21-42)44-33-35-57-50(37-44)48-23-11-14-29-56(48)62-57/h1-38H. The Labute approximate surface area is 360 Å². The minimum Gasteiger partial charge on any atom is -0.456 e. The van der Waals surface area contributed by atoms with Gasteiger partial charge in [-0.1, -0.05) is 152 Å². The van der Waals surface area contributed by atoms with Gasteiger partial charge < -0.3 is 14.2 Å². The van der Waals surface area contributed by atoms with Crippen molar-refractivity contribution >= 4 is 66.8 Å². The summed E-state index contributed by atoms with van der Waals surface area (Å²) in [6.45, 7) is 0. The summed E-state index contributed by atoms with van der Waals surface area (Å²) in [5, 5.41) is 4.66. The molecule has 1 atom stereocenters. The molecule has 62 heavy (non-hydrogen) atoms. The van der Waals surface area contributed by atoms with E-state index in [1.54, 1.807) is 0 Å². The highest BCUT2D eigenvalue weighted by atomic mass is 16.3. The van der Waals surface area contributed by atoms with Crippen molar-refractivity contribution in [3.8, 4) is 22.3 Å². The second-order valence-corrected chi connectivity index (χ2v) is 16.4. The molecule has 0 fully saturated rings. The maximum atomic E-state index is 6.33. The summed E-state index contributed by atoms with van der Waals surface area (Å²) in [6, 6.07) is 84.2. The summed E-state index contributed by atoms with van der Waals surface area (Å²) < 4.78 is 6.33. The van der Waals surface area contributed by atoms with Gasteiger partial charge in [0.2, 0.25) is 0 Å². The van der Waals surface area contributed by atoms with E-state index in [2.05, 4.69) is 228 Å². The molecule has 0 N–H and O–H groups in total. The largest absolute Gasteiger partial charge is 0.456 e. The highest BCUT2D eigenvalue weighted by Gasteiger charge is 2.52. The summed E-state index contributed by atoms with van der Waals surface area (Å²) in [5.74, 6) is 0. The predicted octanol–water partition coefficient (Wildman–Crippen LogP) is 16.0. The number of hydrogen-bond donors (Lipinski definition) is 0. The van der Waals surface area contributed by atoms with E-state index in [1.165, 1.54) is 55.3 Å². The Morgan fingerprint density at radius 1 is 0.306 bits per heavy atom. The lowest BCUT2D eigenvalue weighted by Crippen LogP contribution is -2.26. The normalized spacial score (nSPS) is 14.5. The zero-order chi connectivity index (χ0) is 40.8. The molecule has 290 valence electrons. The number of anilines is 6. The Hall–Kier alpha value is -8.14. The number of hydrogen-bond acceptors (Lipinski definition) is 3. The number of fused-ring (bicyclic) bond motifs is 14. The summed E-state index contributed by atoms with van der Waals surface area (Å²) >= 11 is 0. The van der Waals surface area contributed by atoms with Crippen LogP contribution in [0.5, 0.6) is 0 Å². The molecule has 0 aliphatic heterocycles. The van der Waals surface area contributed by atoms with Crippen molar-refractivity contribution < 1.29 is 4.42 Å². The summed E-state index contributed by atoms with van der Waals surface area (Å²) in [4.78, 5) is 4.85. The third-order valence-electron chi connectivity index (χ3n) is 13.2. The van der Waals surface area contributed by atoms with Gasteiger partial charge in [0.25, 0.3) is 0 Å². The van der Waals surface area contributed by atoms with Crippen molar-refractivity contribution in [3.63, 3.8) is 0 Å². The average Bonchev–Trinajstić information content (AvgIpc) is 3.96. The molecule has 0 saturated carbocycles. The van der Waals surface area contributed by atoms with Crippen molar-refractivity contribution in [2.24, 2.45) is 0 Å². The van der Waals surface area contributed by atoms with Gasteiger partial charge in [-0.25, -0.2) is 0 Å². The zero-order valence-corrected chi connectivity index (χ0v) is 33.7. The Morgan fingerprint density at radius 2 is 0.871 bits per heavy atom. The molecule has 2 aliphatic rings. The fraction of sp³-hybridized carbons (Fsp3) is 0.0169. The summed E-state index contributed by atoms with van der Waals surface area (Å²) in [5.41, 5.74) is 18.1. The fourth-order valence-corrected chi connectivity index (χ4v) is 10.7. The number of rotatable bonds is 6.